The number of rotatable bonds is 5. The van der Waals surface area contributed by atoms with Crippen LogP contribution in [0.4, 0.5) is 10.2 Å². The van der Waals surface area contributed by atoms with E-state index in [1.165, 1.54) is 11.8 Å². The number of imidazole rings is 1. The second-order valence-electron chi connectivity index (χ2n) is 7.14. The summed E-state index contributed by atoms with van der Waals surface area (Å²) in [6.45, 7) is 1.93. The van der Waals surface area contributed by atoms with Crippen LogP contribution in [-0.2, 0) is 11.2 Å². The maximum absolute atomic E-state index is 15.2. The van der Waals surface area contributed by atoms with Crippen LogP contribution in [0.15, 0.2) is 29.7 Å². The maximum atomic E-state index is 15.2. The molecule has 7 nitrogen and oxygen atoms in total. The summed E-state index contributed by atoms with van der Waals surface area (Å²) in [5, 5.41) is 10.7. The molecule has 0 bridgehead atoms. The first-order chi connectivity index (χ1) is 14.1. The van der Waals surface area contributed by atoms with Crippen LogP contribution in [0, 0.1) is 11.7 Å². The Kier molecular flexibility index (Phi) is 4.27. The number of nitrogens with one attached hydrogen (secondary N) is 2. The molecule has 1 aromatic carbocycles. The van der Waals surface area contributed by atoms with E-state index in [0.29, 0.717) is 39.6 Å². The highest BCUT2D eigenvalue weighted by atomic mass is 32.2. The molecule has 0 aliphatic heterocycles. The number of aromatic nitrogens is 5. The molecule has 3 heterocycles. The topological polar surface area (TPSA) is 88.0 Å². The normalized spacial score (nSPS) is 14.0. The number of fused-ring (bicyclic) bond motifs is 2. The van der Waals surface area contributed by atoms with Gasteiger partial charge >= 0.3 is 0 Å². The first-order valence-corrected chi connectivity index (χ1v) is 10.7. The van der Waals surface area contributed by atoms with Crippen molar-refractivity contribution in [1.29, 1.82) is 0 Å². The number of aromatic amines is 1. The molecule has 29 heavy (non-hydrogen) atoms. The first kappa shape index (κ1) is 18.1. The Bertz CT molecular complexity index is 1260. The van der Waals surface area contributed by atoms with Gasteiger partial charge in [0, 0.05) is 23.1 Å². The van der Waals surface area contributed by atoms with Crippen LogP contribution in [0.25, 0.3) is 27.8 Å². The van der Waals surface area contributed by atoms with E-state index in [4.69, 9.17) is 0 Å². The Labute approximate surface area is 170 Å². The lowest BCUT2D eigenvalue weighted by Crippen LogP contribution is -2.13. The Balaban J connectivity index is 1.64. The van der Waals surface area contributed by atoms with Crippen molar-refractivity contribution in [2.45, 2.75) is 31.1 Å². The number of halogens is 1. The maximum Gasteiger partial charge on any atom is 0.228 e. The van der Waals surface area contributed by atoms with Crippen LogP contribution >= 0.6 is 11.8 Å². The summed E-state index contributed by atoms with van der Waals surface area (Å²) >= 11 is 1.36. The van der Waals surface area contributed by atoms with Gasteiger partial charge in [-0.15, -0.1) is 11.8 Å². The lowest BCUT2D eigenvalue weighted by Gasteiger charge is -2.13. The number of nitrogens with zero attached hydrogens (tertiary/aromatic N) is 4. The highest BCUT2D eigenvalue weighted by Crippen LogP contribution is 2.39. The summed E-state index contributed by atoms with van der Waals surface area (Å²) in [7, 11) is 0. The van der Waals surface area contributed by atoms with Crippen molar-refractivity contribution in [3.63, 3.8) is 0 Å². The van der Waals surface area contributed by atoms with Crippen LogP contribution in [0.1, 0.15) is 25.3 Å². The summed E-state index contributed by atoms with van der Waals surface area (Å²) in [6.07, 6.45) is 11.2. The molecule has 1 amide bonds. The molecule has 2 N–H and O–H groups in total. The average molecular weight is 410 g/mol. The SMILES string of the molecule is CCc1c(F)c(SC)c2[nH]ncc2c1-c1cn2cc(NC(=O)C3CC3)nc2cn1. The van der Waals surface area contributed by atoms with Gasteiger partial charge in [0.05, 0.1) is 34.7 Å². The molecule has 1 saturated carbocycles. The zero-order valence-electron chi connectivity index (χ0n) is 16.0. The lowest BCUT2D eigenvalue weighted by atomic mass is 9.98. The minimum Gasteiger partial charge on any atom is -0.309 e. The standard InChI is InChI=1S/C20H19FN6OS/c1-3-11-16(12-6-23-26-18(12)19(29-2)17(11)21)13-8-27-9-14(24-15(27)7-22-13)25-20(28)10-4-5-10/h6-10H,3-5H2,1-2H3,(H,23,26)(H,25,28). The van der Waals surface area contributed by atoms with E-state index < -0.39 is 0 Å². The van der Waals surface area contributed by atoms with Crippen molar-refractivity contribution in [3.8, 4) is 11.3 Å². The van der Waals surface area contributed by atoms with Crippen molar-refractivity contribution in [2.24, 2.45) is 5.92 Å². The number of carbonyl (C=O) groups excluding carboxylic acids is 1. The number of hydrogen-bond donors (Lipinski definition) is 2. The smallest absolute Gasteiger partial charge is 0.228 e. The molecule has 1 fully saturated rings. The van der Waals surface area contributed by atoms with Crippen molar-refractivity contribution in [2.75, 3.05) is 11.6 Å². The van der Waals surface area contributed by atoms with E-state index in [1.807, 2.05) is 19.4 Å². The largest absolute Gasteiger partial charge is 0.309 e. The Morgan fingerprint density at radius 2 is 2.21 bits per heavy atom. The summed E-state index contributed by atoms with van der Waals surface area (Å²) in [4.78, 5) is 21.5. The monoisotopic (exact) mass is 410 g/mol. The summed E-state index contributed by atoms with van der Waals surface area (Å²) in [5.74, 6) is 0.364. The van der Waals surface area contributed by atoms with Gasteiger partial charge in [-0.3, -0.25) is 14.9 Å². The van der Waals surface area contributed by atoms with Crippen LogP contribution in [0.2, 0.25) is 0 Å². The van der Waals surface area contributed by atoms with Gasteiger partial charge in [0.2, 0.25) is 5.91 Å². The van der Waals surface area contributed by atoms with E-state index >= 15 is 4.39 Å². The quantitative estimate of drug-likeness (QED) is 0.485. The van der Waals surface area contributed by atoms with Crippen molar-refractivity contribution >= 4 is 40.0 Å². The van der Waals surface area contributed by atoms with E-state index in [9.17, 15) is 4.79 Å². The molecule has 5 rings (SSSR count). The Morgan fingerprint density at radius 1 is 1.38 bits per heavy atom. The molecule has 9 heteroatoms. The molecule has 0 saturated heterocycles. The zero-order valence-corrected chi connectivity index (χ0v) is 16.8. The van der Waals surface area contributed by atoms with Crippen LogP contribution < -0.4 is 5.32 Å². The molecule has 3 aromatic heterocycles. The molecule has 0 spiro atoms. The van der Waals surface area contributed by atoms with Gasteiger partial charge in [0.15, 0.2) is 11.5 Å². The minimum atomic E-state index is -0.239. The van der Waals surface area contributed by atoms with Crippen molar-refractivity contribution in [3.05, 3.63) is 36.2 Å². The molecular formula is C20H19FN6OS. The fourth-order valence-electron chi connectivity index (χ4n) is 3.65. The Morgan fingerprint density at radius 3 is 2.93 bits per heavy atom. The molecule has 0 unspecified atom stereocenters. The van der Waals surface area contributed by atoms with Crippen LogP contribution in [0.3, 0.4) is 0 Å². The van der Waals surface area contributed by atoms with Crippen LogP contribution in [0.5, 0.6) is 0 Å². The molecule has 4 aromatic rings. The lowest BCUT2D eigenvalue weighted by molar-refractivity contribution is -0.117. The van der Waals surface area contributed by atoms with Gasteiger partial charge in [0.25, 0.3) is 0 Å². The number of benzene rings is 1. The zero-order chi connectivity index (χ0) is 20.1. The highest BCUT2D eigenvalue weighted by Gasteiger charge is 2.30. The molecule has 1 aliphatic carbocycles. The van der Waals surface area contributed by atoms with Gasteiger partial charge in [0.1, 0.15) is 5.82 Å². The van der Waals surface area contributed by atoms with Gasteiger partial charge in [-0.1, -0.05) is 6.92 Å². The number of H-pyrrole nitrogens is 1. The molecule has 0 radical (unpaired) electrons. The molecular weight excluding hydrogens is 391 g/mol. The fraction of sp³-hybridized carbons (Fsp3) is 0.300. The molecule has 148 valence electrons. The molecule has 0 atom stereocenters. The van der Waals surface area contributed by atoms with E-state index in [0.717, 1.165) is 23.8 Å². The third-order valence-corrected chi connectivity index (χ3v) is 6.05. The number of hydrogen-bond acceptors (Lipinski definition) is 5. The van der Waals surface area contributed by atoms with E-state index in [-0.39, 0.29) is 17.6 Å². The van der Waals surface area contributed by atoms with Crippen molar-refractivity contribution in [1.82, 2.24) is 24.6 Å². The summed E-state index contributed by atoms with van der Waals surface area (Å²) in [5.41, 5.74) is 3.25. The van der Waals surface area contributed by atoms with Gasteiger partial charge in [-0.2, -0.15) is 5.10 Å². The minimum absolute atomic E-state index is 0.00434. The number of carbonyl (C=O) groups is 1. The van der Waals surface area contributed by atoms with Gasteiger partial charge in [-0.05, 0) is 31.1 Å². The number of thioether (sulfide) groups is 1. The highest BCUT2D eigenvalue weighted by molar-refractivity contribution is 7.98. The molecule has 1 aliphatic rings. The number of anilines is 1. The fourth-order valence-corrected chi connectivity index (χ4v) is 4.31. The summed E-state index contributed by atoms with van der Waals surface area (Å²) in [6, 6.07) is 0. The van der Waals surface area contributed by atoms with Gasteiger partial charge in [-0.25, -0.2) is 9.37 Å². The van der Waals surface area contributed by atoms with E-state index in [2.05, 4.69) is 25.5 Å². The predicted octanol–water partition coefficient (Wildman–Crippen LogP) is 4.04. The van der Waals surface area contributed by atoms with E-state index in [1.54, 1.807) is 23.0 Å². The second kappa shape index (κ2) is 6.84. The third kappa shape index (κ3) is 2.96. The third-order valence-electron chi connectivity index (χ3n) is 5.26. The number of amides is 1. The van der Waals surface area contributed by atoms with Crippen LogP contribution in [-0.4, -0.2) is 36.7 Å². The average Bonchev–Trinajstić information content (AvgIpc) is 3.33. The van der Waals surface area contributed by atoms with Gasteiger partial charge < -0.3 is 9.72 Å². The second-order valence-corrected chi connectivity index (χ2v) is 7.96. The Hall–Kier alpha value is -2.94. The first-order valence-electron chi connectivity index (χ1n) is 9.48. The summed E-state index contributed by atoms with van der Waals surface area (Å²) < 4.78 is 17.0. The predicted molar refractivity (Wildman–Crippen MR) is 111 cm³/mol. The van der Waals surface area contributed by atoms with Crippen molar-refractivity contribution < 1.29 is 9.18 Å².